The van der Waals surface area contributed by atoms with E-state index in [-0.39, 0.29) is 17.8 Å². The average Bonchev–Trinajstić information content (AvgIpc) is 2.48. The second kappa shape index (κ2) is 5.23. The lowest BCUT2D eigenvalue weighted by Crippen LogP contribution is -2.38. The second-order valence-corrected chi connectivity index (χ2v) is 5.76. The molecule has 2 bridgehead atoms. The molecule has 0 unspecified atom stereocenters. The zero-order valence-electron chi connectivity index (χ0n) is 11.2. The molecule has 0 saturated heterocycles. The zero-order valence-corrected chi connectivity index (χ0v) is 11.2. The normalized spacial score (nSPS) is 28.1. The molecule has 1 aromatic carbocycles. The van der Waals surface area contributed by atoms with E-state index in [2.05, 4.69) is 0 Å². The first-order valence-corrected chi connectivity index (χ1v) is 7.09. The summed E-state index contributed by atoms with van der Waals surface area (Å²) in [4.78, 5) is 22.2. The van der Waals surface area contributed by atoms with Gasteiger partial charge in [0.15, 0.2) is 0 Å². The highest BCUT2D eigenvalue weighted by Crippen LogP contribution is 2.42. The lowest BCUT2D eigenvalue weighted by molar-refractivity contribution is -0.384. The number of rotatable bonds is 3. The number of hydrogen-bond acceptors (Lipinski definition) is 4. The average molecular weight is 275 g/mol. The van der Waals surface area contributed by atoms with Crippen LogP contribution in [0.2, 0.25) is 0 Å². The van der Waals surface area contributed by atoms with Gasteiger partial charge in [-0.05, 0) is 56.1 Å². The Balaban J connectivity index is 1.65. The SMILES string of the molecule is O=C(O[C@@H]1CC2CCC1CC2)c1ccc([N+](=O)[O-])cc1. The molecule has 5 heteroatoms. The summed E-state index contributed by atoms with van der Waals surface area (Å²) in [6.07, 6.45) is 5.84. The first kappa shape index (κ1) is 13.1. The highest BCUT2D eigenvalue weighted by molar-refractivity contribution is 5.89. The molecule has 5 nitrogen and oxygen atoms in total. The lowest BCUT2D eigenvalue weighted by Gasteiger charge is -2.41. The minimum absolute atomic E-state index is 0.0155. The zero-order chi connectivity index (χ0) is 14.1. The van der Waals surface area contributed by atoms with E-state index >= 15 is 0 Å². The van der Waals surface area contributed by atoms with Crippen molar-refractivity contribution in [1.29, 1.82) is 0 Å². The van der Waals surface area contributed by atoms with Gasteiger partial charge in [0.25, 0.3) is 5.69 Å². The van der Waals surface area contributed by atoms with Gasteiger partial charge < -0.3 is 4.74 Å². The van der Waals surface area contributed by atoms with E-state index < -0.39 is 4.92 Å². The van der Waals surface area contributed by atoms with Crippen molar-refractivity contribution in [3.8, 4) is 0 Å². The van der Waals surface area contributed by atoms with Crippen LogP contribution in [0.3, 0.4) is 0 Å². The molecule has 1 atom stereocenters. The maximum atomic E-state index is 12.1. The van der Waals surface area contributed by atoms with Gasteiger partial charge in [0.1, 0.15) is 6.10 Å². The fraction of sp³-hybridized carbons (Fsp3) is 0.533. The van der Waals surface area contributed by atoms with Gasteiger partial charge in [0.05, 0.1) is 10.5 Å². The number of nitro benzene ring substituents is 1. The molecule has 0 heterocycles. The van der Waals surface area contributed by atoms with Crippen LogP contribution in [0.15, 0.2) is 24.3 Å². The molecule has 1 aromatic rings. The standard InChI is InChI=1S/C15H17NO4/c17-15(12-5-7-13(8-6-12)16(18)19)20-14-9-10-1-3-11(14)4-2-10/h5-8,10-11,14H,1-4,9H2/t10?,11?,14-/m1/s1. The summed E-state index contributed by atoms with van der Waals surface area (Å²) >= 11 is 0. The third kappa shape index (κ3) is 2.53. The highest BCUT2D eigenvalue weighted by Gasteiger charge is 2.37. The van der Waals surface area contributed by atoms with Gasteiger partial charge >= 0.3 is 5.97 Å². The van der Waals surface area contributed by atoms with Crippen molar-refractivity contribution in [2.24, 2.45) is 11.8 Å². The second-order valence-electron chi connectivity index (χ2n) is 5.76. The monoisotopic (exact) mass is 275 g/mol. The number of nitrogens with zero attached hydrogens (tertiary/aromatic N) is 1. The number of non-ortho nitro benzene ring substituents is 1. The van der Waals surface area contributed by atoms with Gasteiger partial charge in [-0.3, -0.25) is 10.1 Å². The first-order chi connectivity index (χ1) is 9.63. The summed E-state index contributed by atoms with van der Waals surface area (Å²) < 4.78 is 5.60. The van der Waals surface area contributed by atoms with Crippen LogP contribution in [-0.2, 0) is 4.74 Å². The number of benzene rings is 1. The van der Waals surface area contributed by atoms with Crippen LogP contribution in [0, 0.1) is 22.0 Å². The van der Waals surface area contributed by atoms with Crippen molar-refractivity contribution in [2.45, 2.75) is 38.2 Å². The van der Waals surface area contributed by atoms with Gasteiger partial charge in [0.2, 0.25) is 0 Å². The number of fused-ring (bicyclic) bond motifs is 3. The van der Waals surface area contributed by atoms with E-state index in [0.29, 0.717) is 17.4 Å². The Labute approximate surface area is 117 Å². The van der Waals surface area contributed by atoms with E-state index in [0.717, 1.165) is 19.3 Å². The summed E-state index contributed by atoms with van der Waals surface area (Å²) in [7, 11) is 0. The largest absolute Gasteiger partial charge is 0.458 e. The Morgan fingerprint density at radius 1 is 1.15 bits per heavy atom. The van der Waals surface area contributed by atoms with E-state index in [1.165, 1.54) is 37.1 Å². The van der Waals surface area contributed by atoms with Crippen LogP contribution in [-0.4, -0.2) is 17.0 Å². The highest BCUT2D eigenvalue weighted by atomic mass is 16.6. The molecule has 0 radical (unpaired) electrons. The van der Waals surface area contributed by atoms with Crippen molar-refractivity contribution >= 4 is 11.7 Å². The topological polar surface area (TPSA) is 69.4 Å². The third-order valence-corrected chi connectivity index (χ3v) is 4.56. The molecular formula is C15H17NO4. The molecule has 106 valence electrons. The van der Waals surface area contributed by atoms with Crippen molar-refractivity contribution < 1.29 is 14.5 Å². The number of esters is 1. The molecule has 0 spiro atoms. The molecule has 20 heavy (non-hydrogen) atoms. The van der Waals surface area contributed by atoms with Gasteiger partial charge in [-0.1, -0.05) is 0 Å². The number of nitro groups is 1. The van der Waals surface area contributed by atoms with Crippen LogP contribution in [0.4, 0.5) is 5.69 Å². The molecule has 0 amide bonds. The Morgan fingerprint density at radius 2 is 1.80 bits per heavy atom. The summed E-state index contributed by atoms with van der Waals surface area (Å²) in [6, 6.07) is 5.59. The molecule has 0 aliphatic heterocycles. The van der Waals surface area contributed by atoms with Gasteiger partial charge in [-0.25, -0.2) is 4.79 Å². The van der Waals surface area contributed by atoms with Crippen molar-refractivity contribution in [3.63, 3.8) is 0 Å². The van der Waals surface area contributed by atoms with E-state index in [1.807, 2.05) is 0 Å². The van der Waals surface area contributed by atoms with E-state index in [9.17, 15) is 14.9 Å². The predicted octanol–water partition coefficient (Wildman–Crippen LogP) is 3.33. The smallest absolute Gasteiger partial charge is 0.338 e. The van der Waals surface area contributed by atoms with Gasteiger partial charge in [-0.2, -0.15) is 0 Å². The van der Waals surface area contributed by atoms with Crippen LogP contribution in [0.5, 0.6) is 0 Å². The van der Waals surface area contributed by atoms with Crippen LogP contribution in [0.25, 0.3) is 0 Å². The van der Waals surface area contributed by atoms with Gasteiger partial charge in [-0.15, -0.1) is 0 Å². The molecule has 3 saturated carbocycles. The molecule has 3 aliphatic carbocycles. The fourth-order valence-electron chi connectivity index (χ4n) is 3.39. The number of carbonyl (C=O) groups is 1. The van der Waals surface area contributed by atoms with Crippen LogP contribution in [0.1, 0.15) is 42.5 Å². The molecule has 3 fully saturated rings. The Kier molecular flexibility index (Phi) is 3.42. The Hall–Kier alpha value is -1.91. The predicted molar refractivity (Wildman–Crippen MR) is 72.4 cm³/mol. The Morgan fingerprint density at radius 3 is 2.30 bits per heavy atom. The number of ether oxygens (including phenoxy) is 1. The molecular weight excluding hydrogens is 258 g/mol. The number of carbonyl (C=O) groups excluding carboxylic acids is 1. The summed E-state index contributed by atoms with van der Waals surface area (Å²) in [5.74, 6) is 0.842. The van der Waals surface area contributed by atoms with Gasteiger partial charge in [0, 0.05) is 12.1 Å². The quantitative estimate of drug-likeness (QED) is 0.482. The summed E-state index contributed by atoms with van der Waals surface area (Å²) in [5, 5.41) is 10.6. The third-order valence-electron chi connectivity index (χ3n) is 4.56. The maximum Gasteiger partial charge on any atom is 0.338 e. The maximum absolute atomic E-state index is 12.1. The van der Waals surface area contributed by atoms with Crippen LogP contribution >= 0.6 is 0 Å². The van der Waals surface area contributed by atoms with E-state index in [1.54, 1.807) is 0 Å². The van der Waals surface area contributed by atoms with Crippen molar-refractivity contribution in [1.82, 2.24) is 0 Å². The minimum atomic E-state index is -0.477. The molecule has 4 rings (SSSR count). The lowest BCUT2D eigenvalue weighted by atomic mass is 9.69. The Bertz CT molecular complexity index is 517. The summed E-state index contributed by atoms with van der Waals surface area (Å²) in [5.41, 5.74) is 0.371. The fourth-order valence-corrected chi connectivity index (χ4v) is 3.39. The summed E-state index contributed by atoms with van der Waals surface area (Å²) in [6.45, 7) is 0. The van der Waals surface area contributed by atoms with Crippen LogP contribution < -0.4 is 0 Å². The molecule has 0 aromatic heterocycles. The molecule has 3 aliphatic rings. The first-order valence-electron chi connectivity index (χ1n) is 7.09. The van der Waals surface area contributed by atoms with E-state index in [4.69, 9.17) is 4.74 Å². The van der Waals surface area contributed by atoms with Crippen molar-refractivity contribution in [3.05, 3.63) is 39.9 Å². The number of hydrogen-bond donors (Lipinski definition) is 0. The molecule has 0 N–H and O–H groups in total. The van der Waals surface area contributed by atoms with Crippen molar-refractivity contribution in [2.75, 3.05) is 0 Å². The minimum Gasteiger partial charge on any atom is -0.458 e.